The van der Waals surface area contributed by atoms with Crippen LogP contribution in [0.5, 0.6) is 0 Å². The number of nitrogens with one attached hydrogen (secondary N) is 2. The largest absolute Gasteiger partial charge is 0.395 e. The number of nitrogens with zero attached hydrogens (tertiary/aromatic N) is 1. The molecule has 1 aromatic heterocycles. The Morgan fingerprint density at radius 3 is 2.53 bits per heavy atom. The van der Waals surface area contributed by atoms with Gasteiger partial charge in [0, 0.05) is 6.54 Å². The number of nitrogen functional groups attached to an aromatic ring is 1. The first-order valence-electron chi connectivity index (χ1n) is 6.62. The van der Waals surface area contributed by atoms with E-state index in [2.05, 4.69) is 15.5 Å². The molecule has 0 fully saturated rings. The maximum Gasteiger partial charge on any atom is 0.274 e. The monoisotopic (exact) mass is 268 g/mol. The van der Waals surface area contributed by atoms with E-state index in [1.54, 1.807) is 0 Å². The van der Waals surface area contributed by atoms with E-state index in [1.807, 2.05) is 27.7 Å². The first-order chi connectivity index (χ1) is 8.82. The molecule has 0 saturated heterocycles. The molecule has 19 heavy (non-hydrogen) atoms. The van der Waals surface area contributed by atoms with Crippen molar-refractivity contribution in [3.63, 3.8) is 0 Å². The lowest BCUT2D eigenvalue weighted by Crippen LogP contribution is -2.33. The van der Waals surface area contributed by atoms with Crippen LogP contribution in [0.25, 0.3) is 0 Å². The standard InChI is InChI=1S/C13H24N4O2/c1-7(2)5-9(18)6-15-13(19)12-10(14)11(8(3)4)16-17-12/h7-9,18H,5-6,14H2,1-4H3,(H,15,19)(H,16,17). The zero-order valence-corrected chi connectivity index (χ0v) is 12.0. The lowest BCUT2D eigenvalue weighted by Gasteiger charge is -2.13. The van der Waals surface area contributed by atoms with E-state index in [4.69, 9.17) is 5.73 Å². The van der Waals surface area contributed by atoms with Crippen LogP contribution >= 0.6 is 0 Å². The highest BCUT2D eigenvalue weighted by molar-refractivity contribution is 5.97. The highest BCUT2D eigenvalue weighted by atomic mass is 16.3. The Morgan fingerprint density at radius 2 is 2.05 bits per heavy atom. The van der Waals surface area contributed by atoms with Crippen LogP contribution < -0.4 is 11.1 Å². The molecule has 6 nitrogen and oxygen atoms in total. The fourth-order valence-corrected chi connectivity index (χ4v) is 1.90. The van der Waals surface area contributed by atoms with E-state index < -0.39 is 6.10 Å². The van der Waals surface area contributed by atoms with Gasteiger partial charge in [-0.3, -0.25) is 9.89 Å². The molecule has 0 spiro atoms. The van der Waals surface area contributed by atoms with Crippen molar-refractivity contribution >= 4 is 11.6 Å². The van der Waals surface area contributed by atoms with Gasteiger partial charge in [-0.15, -0.1) is 0 Å². The van der Waals surface area contributed by atoms with Crippen molar-refractivity contribution in [1.29, 1.82) is 0 Å². The molecule has 1 heterocycles. The third kappa shape index (κ3) is 4.24. The van der Waals surface area contributed by atoms with E-state index in [0.717, 1.165) is 5.69 Å². The van der Waals surface area contributed by atoms with Gasteiger partial charge in [0.15, 0.2) is 5.69 Å². The number of carbonyl (C=O) groups excluding carboxylic acids is 1. The maximum absolute atomic E-state index is 11.9. The molecule has 108 valence electrons. The van der Waals surface area contributed by atoms with Crippen LogP contribution in [-0.4, -0.2) is 33.9 Å². The van der Waals surface area contributed by atoms with Gasteiger partial charge in [0.2, 0.25) is 0 Å². The van der Waals surface area contributed by atoms with Gasteiger partial charge in [-0.2, -0.15) is 5.10 Å². The van der Waals surface area contributed by atoms with Crippen LogP contribution in [0.4, 0.5) is 5.69 Å². The second-order valence-electron chi connectivity index (χ2n) is 5.55. The molecule has 5 N–H and O–H groups in total. The number of anilines is 1. The third-order valence-electron chi connectivity index (χ3n) is 2.87. The summed E-state index contributed by atoms with van der Waals surface area (Å²) >= 11 is 0. The van der Waals surface area contributed by atoms with Crippen molar-refractivity contribution in [1.82, 2.24) is 15.5 Å². The lowest BCUT2D eigenvalue weighted by molar-refractivity contribution is 0.0896. The Hall–Kier alpha value is -1.56. The molecule has 1 rings (SSSR count). The normalized spacial score (nSPS) is 13.0. The summed E-state index contributed by atoms with van der Waals surface area (Å²) in [5.41, 5.74) is 7.21. The predicted octanol–water partition coefficient (Wildman–Crippen LogP) is 1.25. The third-order valence-corrected chi connectivity index (χ3v) is 2.87. The number of aliphatic hydroxyl groups excluding tert-OH is 1. The number of hydrogen-bond donors (Lipinski definition) is 4. The molecular formula is C13H24N4O2. The number of nitrogens with two attached hydrogens (primary N) is 1. The summed E-state index contributed by atoms with van der Waals surface area (Å²) in [4.78, 5) is 11.9. The van der Waals surface area contributed by atoms with Crippen LogP contribution in [-0.2, 0) is 0 Å². The molecule has 0 aromatic carbocycles. The highest BCUT2D eigenvalue weighted by Gasteiger charge is 2.19. The molecule has 1 atom stereocenters. The van der Waals surface area contributed by atoms with Gasteiger partial charge < -0.3 is 16.2 Å². The quantitative estimate of drug-likeness (QED) is 0.623. The van der Waals surface area contributed by atoms with Crippen molar-refractivity contribution in [2.45, 2.75) is 46.1 Å². The first kappa shape index (κ1) is 15.5. The van der Waals surface area contributed by atoms with Crippen molar-refractivity contribution in [3.8, 4) is 0 Å². The summed E-state index contributed by atoms with van der Waals surface area (Å²) in [5, 5.41) is 19.1. The van der Waals surface area contributed by atoms with Crippen LogP contribution in [0.1, 0.15) is 56.2 Å². The summed E-state index contributed by atoms with van der Waals surface area (Å²) in [6.07, 6.45) is 0.0989. The van der Waals surface area contributed by atoms with Gasteiger partial charge in [-0.25, -0.2) is 0 Å². The summed E-state index contributed by atoms with van der Waals surface area (Å²) in [7, 11) is 0. The lowest BCUT2D eigenvalue weighted by atomic mass is 10.1. The first-order valence-corrected chi connectivity index (χ1v) is 6.62. The molecular weight excluding hydrogens is 244 g/mol. The zero-order valence-electron chi connectivity index (χ0n) is 12.0. The van der Waals surface area contributed by atoms with Gasteiger partial charge in [0.1, 0.15) is 0 Å². The van der Waals surface area contributed by atoms with Crippen LogP contribution in [0.2, 0.25) is 0 Å². The van der Waals surface area contributed by atoms with E-state index in [0.29, 0.717) is 18.0 Å². The summed E-state index contributed by atoms with van der Waals surface area (Å²) in [6.45, 7) is 8.19. The van der Waals surface area contributed by atoms with Gasteiger partial charge >= 0.3 is 0 Å². The molecule has 1 aromatic rings. The number of aromatic nitrogens is 2. The minimum atomic E-state index is -0.548. The van der Waals surface area contributed by atoms with Gasteiger partial charge in [-0.1, -0.05) is 27.7 Å². The van der Waals surface area contributed by atoms with Crippen molar-refractivity contribution in [2.75, 3.05) is 12.3 Å². The molecule has 1 amide bonds. The summed E-state index contributed by atoms with van der Waals surface area (Å²) in [6, 6.07) is 0. The number of H-pyrrole nitrogens is 1. The fraction of sp³-hybridized carbons (Fsp3) is 0.692. The predicted molar refractivity (Wildman–Crippen MR) is 74.9 cm³/mol. The van der Waals surface area contributed by atoms with E-state index in [-0.39, 0.29) is 24.1 Å². The molecule has 0 aliphatic carbocycles. The number of hydrogen-bond acceptors (Lipinski definition) is 4. The average molecular weight is 268 g/mol. The zero-order chi connectivity index (χ0) is 14.6. The fourth-order valence-electron chi connectivity index (χ4n) is 1.90. The highest BCUT2D eigenvalue weighted by Crippen LogP contribution is 2.21. The van der Waals surface area contributed by atoms with Gasteiger partial charge in [-0.05, 0) is 18.3 Å². The number of amides is 1. The summed E-state index contributed by atoms with van der Waals surface area (Å²) in [5.74, 6) is 0.207. The Balaban J connectivity index is 2.59. The summed E-state index contributed by atoms with van der Waals surface area (Å²) < 4.78 is 0. The topological polar surface area (TPSA) is 104 Å². The van der Waals surface area contributed by atoms with Crippen LogP contribution in [0.15, 0.2) is 0 Å². The van der Waals surface area contributed by atoms with E-state index >= 15 is 0 Å². The van der Waals surface area contributed by atoms with Crippen LogP contribution in [0, 0.1) is 5.92 Å². The molecule has 0 aliphatic rings. The molecule has 0 aliphatic heterocycles. The Labute approximate surface area is 113 Å². The van der Waals surface area contributed by atoms with Crippen molar-refractivity contribution in [2.24, 2.45) is 5.92 Å². The maximum atomic E-state index is 11.9. The van der Waals surface area contributed by atoms with Gasteiger partial charge in [0.25, 0.3) is 5.91 Å². The van der Waals surface area contributed by atoms with Crippen molar-refractivity contribution in [3.05, 3.63) is 11.4 Å². The smallest absolute Gasteiger partial charge is 0.274 e. The number of rotatable bonds is 6. The second-order valence-corrected chi connectivity index (χ2v) is 5.55. The number of aliphatic hydroxyl groups is 1. The molecule has 0 bridgehead atoms. The van der Waals surface area contributed by atoms with Crippen molar-refractivity contribution < 1.29 is 9.90 Å². The van der Waals surface area contributed by atoms with Gasteiger partial charge in [0.05, 0.1) is 17.5 Å². The van der Waals surface area contributed by atoms with E-state index in [9.17, 15) is 9.90 Å². The minimum absolute atomic E-state index is 0.181. The molecule has 0 radical (unpaired) electrons. The molecule has 1 unspecified atom stereocenters. The molecule has 6 heteroatoms. The number of aromatic amines is 1. The van der Waals surface area contributed by atoms with Crippen LogP contribution in [0.3, 0.4) is 0 Å². The Kier molecular flexibility index (Phi) is 5.35. The molecule has 0 saturated carbocycles. The SMILES string of the molecule is CC(C)CC(O)CNC(=O)c1n[nH]c(C(C)C)c1N. The average Bonchev–Trinajstić information content (AvgIpc) is 2.67. The Bertz CT molecular complexity index is 426. The number of carbonyl (C=O) groups is 1. The second kappa shape index (κ2) is 6.56. The Morgan fingerprint density at radius 1 is 1.42 bits per heavy atom. The van der Waals surface area contributed by atoms with E-state index in [1.165, 1.54) is 0 Å². The minimum Gasteiger partial charge on any atom is -0.395 e.